The molecule has 0 radical (unpaired) electrons. The fourth-order valence-electron chi connectivity index (χ4n) is 1.99. The molecule has 0 spiro atoms. The van der Waals surface area contributed by atoms with Gasteiger partial charge in [0.1, 0.15) is 11.4 Å². The molecule has 0 aliphatic rings. The van der Waals surface area contributed by atoms with Gasteiger partial charge >= 0.3 is 6.18 Å². The zero-order valence-electron chi connectivity index (χ0n) is 10.9. The first-order valence-electron chi connectivity index (χ1n) is 5.98. The summed E-state index contributed by atoms with van der Waals surface area (Å²) in [5.41, 5.74) is -2.38. The van der Waals surface area contributed by atoms with Crippen LogP contribution in [0, 0.1) is 9.39 Å². The lowest BCUT2D eigenvalue weighted by atomic mass is 9.87. The first-order chi connectivity index (χ1) is 9.62. The summed E-state index contributed by atoms with van der Waals surface area (Å²) < 4.78 is 52.2. The number of aliphatic hydroxyl groups is 1. The van der Waals surface area contributed by atoms with Crippen molar-refractivity contribution in [1.29, 1.82) is 0 Å². The Morgan fingerprint density at radius 2 is 1.48 bits per heavy atom. The van der Waals surface area contributed by atoms with Crippen LogP contribution >= 0.6 is 22.6 Å². The molecule has 2 aromatic rings. The van der Waals surface area contributed by atoms with Gasteiger partial charge in [-0.05, 0) is 64.9 Å². The molecule has 0 aliphatic heterocycles. The van der Waals surface area contributed by atoms with E-state index in [0.29, 0.717) is 11.6 Å². The Labute approximate surface area is 132 Å². The molecule has 2 aromatic carbocycles. The van der Waals surface area contributed by atoms with Crippen LogP contribution in [0.2, 0.25) is 0 Å². The van der Waals surface area contributed by atoms with Crippen LogP contribution in [0.15, 0.2) is 42.5 Å². The number of hydrogen-bond acceptors (Lipinski definition) is 1. The van der Waals surface area contributed by atoms with Crippen LogP contribution in [-0.2, 0) is 11.8 Å². The summed E-state index contributed by atoms with van der Waals surface area (Å²) in [6.45, 7) is 1.41. The monoisotopic (exact) mass is 410 g/mol. The molecule has 0 aromatic heterocycles. The molecule has 0 aliphatic carbocycles. The summed E-state index contributed by atoms with van der Waals surface area (Å²) >= 11 is 2.09. The molecule has 0 amide bonds. The van der Waals surface area contributed by atoms with Crippen LogP contribution in [0.25, 0.3) is 0 Å². The molecule has 0 fully saturated rings. The highest BCUT2D eigenvalue weighted by Crippen LogP contribution is 2.35. The molecule has 1 N–H and O–H groups in total. The predicted molar refractivity (Wildman–Crippen MR) is 79.2 cm³/mol. The topological polar surface area (TPSA) is 20.2 Å². The van der Waals surface area contributed by atoms with Crippen LogP contribution < -0.4 is 0 Å². The first-order valence-corrected chi connectivity index (χ1v) is 7.06. The van der Waals surface area contributed by atoms with Gasteiger partial charge in [-0.3, -0.25) is 0 Å². The minimum absolute atomic E-state index is 0.0641. The van der Waals surface area contributed by atoms with E-state index < -0.39 is 23.2 Å². The Balaban J connectivity index is 2.46. The Kier molecular flexibility index (Phi) is 4.30. The quantitative estimate of drug-likeness (QED) is 0.562. The average molecular weight is 410 g/mol. The maximum Gasteiger partial charge on any atom is 0.419 e. The Morgan fingerprint density at radius 3 is 1.95 bits per heavy atom. The number of hydrogen-bond donors (Lipinski definition) is 1. The standard InChI is InChI=1S/C15H11F4IO/c1-14(21,9-2-5-11(20)6-3-9)10-4-7-12(13(16)8-10)15(17,18)19/h2-8,21H,1H3. The number of halogens is 5. The van der Waals surface area contributed by atoms with Crippen molar-refractivity contribution in [2.75, 3.05) is 0 Å². The van der Waals surface area contributed by atoms with Gasteiger partial charge in [0.25, 0.3) is 0 Å². The van der Waals surface area contributed by atoms with Crippen molar-refractivity contribution in [2.45, 2.75) is 18.7 Å². The average Bonchev–Trinajstić information content (AvgIpc) is 2.37. The third-order valence-electron chi connectivity index (χ3n) is 3.24. The second kappa shape index (κ2) is 5.57. The zero-order chi connectivity index (χ0) is 15.8. The highest BCUT2D eigenvalue weighted by molar-refractivity contribution is 14.1. The van der Waals surface area contributed by atoms with Crippen LogP contribution in [0.1, 0.15) is 23.6 Å². The second-order valence-electron chi connectivity index (χ2n) is 4.77. The van der Waals surface area contributed by atoms with Crippen LogP contribution in [0.3, 0.4) is 0 Å². The zero-order valence-corrected chi connectivity index (χ0v) is 13.0. The summed E-state index contributed by atoms with van der Waals surface area (Å²) in [7, 11) is 0. The van der Waals surface area contributed by atoms with Gasteiger partial charge in [0.05, 0.1) is 5.56 Å². The van der Waals surface area contributed by atoms with Crippen molar-refractivity contribution in [3.63, 3.8) is 0 Å². The number of rotatable bonds is 2. The molecule has 0 bridgehead atoms. The van der Waals surface area contributed by atoms with E-state index >= 15 is 0 Å². The van der Waals surface area contributed by atoms with Gasteiger partial charge in [0.15, 0.2) is 0 Å². The van der Waals surface area contributed by atoms with Crippen molar-refractivity contribution < 1.29 is 22.7 Å². The molecule has 1 nitrogen and oxygen atoms in total. The molecule has 0 heterocycles. The van der Waals surface area contributed by atoms with Crippen molar-refractivity contribution in [2.24, 2.45) is 0 Å². The lowest BCUT2D eigenvalue weighted by Crippen LogP contribution is -2.23. The third kappa shape index (κ3) is 3.37. The minimum atomic E-state index is -4.75. The molecule has 21 heavy (non-hydrogen) atoms. The summed E-state index contributed by atoms with van der Waals surface area (Å²) in [5, 5.41) is 10.5. The van der Waals surface area contributed by atoms with E-state index in [0.717, 1.165) is 15.7 Å². The molecular weight excluding hydrogens is 399 g/mol. The lowest BCUT2D eigenvalue weighted by Gasteiger charge is -2.25. The number of alkyl halides is 3. The third-order valence-corrected chi connectivity index (χ3v) is 3.96. The predicted octanol–water partition coefficient (Wildman–Crippen LogP) is 4.70. The normalized spacial score (nSPS) is 14.8. The Bertz CT molecular complexity index is 648. The van der Waals surface area contributed by atoms with Crippen molar-refractivity contribution in [3.05, 3.63) is 68.5 Å². The molecule has 1 atom stereocenters. The summed E-state index contributed by atoms with van der Waals surface area (Å²) in [6, 6.07) is 9.26. The molecule has 6 heteroatoms. The van der Waals surface area contributed by atoms with E-state index in [4.69, 9.17) is 0 Å². The van der Waals surface area contributed by atoms with E-state index in [2.05, 4.69) is 22.6 Å². The summed E-state index contributed by atoms with van der Waals surface area (Å²) in [4.78, 5) is 0. The van der Waals surface area contributed by atoms with Gasteiger partial charge < -0.3 is 5.11 Å². The van der Waals surface area contributed by atoms with Gasteiger partial charge in [0.2, 0.25) is 0 Å². The highest BCUT2D eigenvalue weighted by atomic mass is 127. The fraction of sp³-hybridized carbons (Fsp3) is 0.200. The van der Waals surface area contributed by atoms with E-state index in [-0.39, 0.29) is 5.56 Å². The van der Waals surface area contributed by atoms with Crippen molar-refractivity contribution in [3.8, 4) is 0 Å². The Hall–Kier alpha value is -1.15. The SMILES string of the molecule is CC(O)(c1ccc(I)cc1)c1ccc(C(F)(F)F)c(F)c1. The van der Waals surface area contributed by atoms with Gasteiger partial charge in [-0.25, -0.2) is 4.39 Å². The smallest absolute Gasteiger partial charge is 0.381 e. The second-order valence-corrected chi connectivity index (χ2v) is 6.02. The van der Waals surface area contributed by atoms with Gasteiger partial charge in [-0.2, -0.15) is 13.2 Å². The first kappa shape index (κ1) is 16.2. The highest BCUT2D eigenvalue weighted by Gasteiger charge is 2.35. The molecule has 1 unspecified atom stereocenters. The minimum Gasteiger partial charge on any atom is -0.381 e. The van der Waals surface area contributed by atoms with Crippen molar-refractivity contribution in [1.82, 2.24) is 0 Å². The van der Waals surface area contributed by atoms with E-state index in [1.807, 2.05) is 0 Å². The van der Waals surface area contributed by atoms with Crippen LogP contribution in [0.5, 0.6) is 0 Å². The number of benzene rings is 2. The molecule has 0 saturated heterocycles. The van der Waals surface area contributed by atoms with E-state index in [1.165, 1.54) is 6.92 Å². The molecular formula is C15H11F4IO. The Morgan fingerprint density at radius 1 is 0.952 bits per heavy atom. The van der Waals surface area contributed by atoms with E-state index in [9.17, 15) is 22.7 Å². The van der Waals surface area contributed by atoms with Gasteiger partial charge in [-0.1, -0.05) is 18.2 Å². The van der Waals surface area contributed by atoms with Gasteiger partial charge in [-0.15, -0.1) is 0 Å². The summed E-state index contributed by atoms with van der Waals surface area (Å²) in [5.74, 6) is -1.40. The largest absolute Gasteiger partial charge is 0.419 e. The van der Waals surface area contributed by atoms with Crippen LogP contribution in [0.4, 0.5) is 17.6 Å². The maximum absolute atomic E-state index is 13.6. The van der Waals surface area contributed by atoms with Crippen molar-refractivity contribution >= 4 is 22.6 Å². The van der Waals surface area contributed by atoms with Gasteiger partial charge in [0, 0.05) is 3.57 Å². The molecule has 0 saturated carbocycles. The molecule has 112 valence electrons. The fourth-order valence-corrected chi connectivity index (χ4v) is 2.35. The lowest BCUT2D eigenvalue weighted by molar-refractivity contribution is -0.140. The van der Waals surface area contributed by atoms with E-state index in [1.54, 1.807) is 24.3 Å². The summed E-state index contributed by atoms with van der Waals surface area (Å²) in [6.07, 6.45) is -4.75. The molecule has 2 rings (SSSR count). The van der Waals surface area contributed by atoms with Crippen LogP contribution in [-0.4, -0.2) is 5.11 Å². The maximum atomic E-state index is 13.6.